The Balaban J connectivity index is 1.48. The van der Waals surface area contributed by atoms with Crippen molar-refractivity contribution in [3.63, 3.8) is 0 Å². The van der Waals surface area contributed by atoms with Gasteiger partial charge in [0.05, 0.1) is 0 Å². The van der Waals surface area contributed by atoms with Gasteiger partial charge in [-0.1, -0.05) is 115 Å². The van der Waals surface area contributed by atoms with Crippen LogP contribution in [0.3, 0.4) is 0 Å². The Morgan fingerprint density at radius 1 is 0.361 bits per heavy atom. The molecule has 0 aromatic heterocycles. The van der Waals surface area contributed by atoms with Crippen molar-refractivity contribution in [2.24, 2.45) is 0 Å². The summed E-state index contributed by atoms with van der Waals surface area (Å²) in [5.41, 5.74) is 9.55. The molecule has 6 aromatic carbocycles. The van der Waals surface area contributed by atoms with Gasteiger partial charge in [0.2, 0.25) is 0 Å². The first-order chi connectivity index (χ1) is 17.7. The summed E-state index contributed by atoms with van der Waals surface area (Å²) in [4.78, 5) is 2.35. The maximum atomic E-state index is 2.35. The van der Waals surface area contributed by atoms with Crippen molar-refractivity contribution in [3.05, 3.63) is 146 Å². The summed E-state index contributed by atoms with van der Waals surface area (Å²) in [5.74, 6) is 0. The minimum atomic E-state index is 1.13. The monoisotopic (exact) mass is 459 g/mol. The second-order valence-corrected chi connectivity index (χ2v) is 9.20. The lowest BCUT2D eigenvalue weighted by Gasteiger charge is -2.26. The molecule has 0 N–H and O–H groups in total. The lowest BCUT2D eigenvalue weighted by molar-refractivity contribution is 1.29. The normalized spacial score (nSPS) is 10.9. The third-order valence-electron chi connectivity index (χ3n) is 6.68. The van der Waals surface area contributed by atoms with Gasteiger partial charge in [-0.2, -0.15) is 0 Å². The van der Waals surface area contributed by atoms with Gasteiger partial charge in [0.25, 0.3) is 0 Å². The predicted molar refractivity (Wildman–Crippen MR) is 158 cm³/mol. The molecule has 0 spiro atoms. The van der Waals surface area contributed by atoms with Gasteiger partial charge in [0, 0.05) is 17.1 Å². The van der Waals surface area contributed by atoms with Gasteiger partial charge >= 0.3 is 0 Å². The zero-order valence-corrected chi connectivity index (χ0v) is 20.3. The molecule has 0 amide bonds. The summed E-state index contributed by atoms with van der Waals surface area (Å²) in [6.45, 7) is 0. The van der Waals surface area contributed by atoms with Crippen molar-refractivity contribution in [1.29, 1.82) is 0 Å². The van der Waals surface area contributed by atoms with Gasteiger partial charge in [0.1, 0.15) is 7.85 Å². The lowest BCUT2D eigenvalue weighted by atomic mass is 9.92. The van der Waals surface area contributed by atoms with Crippen molar-refractivity contribution in [2.45, 2.75) is 0 Å². The minimum absolute atomic E-state index is 1.13. The van der Waals surface area contributed by atoms with Gasteiger partial charge in [-0.3, -0.25) is 0 Å². The highest BCUT2D eigenvalue weighted by molar-refractivity contribution is 6.32. The fraction of sp³-hybridized carbons (Fsp3) is 0. The fourth-order valence-electron chi connectivity index (χ4n) is 4.85. The Kier molecular flexibility index (Phi) is 5.85. The van der Waals surface area contributed by atoms with Crippen molar-refractivity contribution < 1.29 is 0 Å². The Morgan fingerprint density at radius 3 is 1.72 bits per heavy atom. The van der Waals surface area contributed by atoms with E-state index in [1.165, 1.54) is 38.5 Å². The van der Waals surface area contributed by atoms with Crippen molar-refractivity contribution in [2.75, 3.05) is 4.90 Å². The zero-order valence-electron chi connectivity index (χ0n) is 20.3. The molecule has 0 aliphatic rings. The Labute approximate surface area is 213 Å². The van der Waals surface area contributed by atoms with E-state index in [9.17, 15) is 0 Å². The molecule has 6 rings (SSSR count). The van der Waals surface area contributed by atoms with Gasteiger partial charge in [-0.25, -0.2) is 0 Å². The van der Waals surface area contributed by atoms with Gasteiger partial charge in [0.15, 0.2) is 0 Å². The molecule has 0 saturated heterocycles. The van der Waals surface area contributed by atoms with E-state index < -0.39 is 0 Å². The molecule has 0 unspecified atom stereocenters. The van der Waals surface area contributed by atoms with Crippen molar-refractivity contribution in [1.82, 2.24) is 0 Å². The van der Waals surface area contributed by atoms with E-state index >= 15 is 0 Å². The highest BCUT2D eigenvalue weighted by Gasteiger charge is 2.14. The second-order valence-electron chi connectivity index (χ2n) is 9.20. The predicted octanol–water partition coefficient (Wildman–Crippen LogP) is 7.90. The summed E-state index contributed by atoms with van der Waals surface area (Å²) < 4.78 is 0. The van der Waals surface area contributed by atoms with Crippen LogP contribution in [0, 0.1) is 0 Å². The Morgan fingerprint density at radius 2 is 0.944 bits per heavy atom. The third kappa shape index (κ3) is 4.42. The average Bonchev–Trinajstić information content (AvgIpc) is 2.94. The van der Waals surface area contributed by atoms with Gasteiger partial charge in [-0.05, 0) is 69.4 Å². The number of hydrogen-bond donors (Lipinski definition) is 0. The molecule has 0 bridgehead atoms. The minimum Gasteiger partial charge on any atom is -0.310 e. The van der Waals surface area contributed by atoms with Crippen LogP contribution in [0.5, 0.6) is 0 Å². The molecule has 6 aromatic rings. The molecule has 0 fully saturated rings. The molecule has 170 valence electrons. The first kappa shape index (κ1) is 21.9. The lowest BCUT2D eigenvalue weighted by Crippen LogP contribution is -2.10. The largest absolute Gasteiger partial charge is 0.310 e. The molecular formula is C34H26BN. The maximum absolute atomic E-state index is 2.35. The number of anilines is 3. The fourth-order valence-corrected chi connectivity index (χ4v) is 4.85. The molecular weight excluding hydrogens is 433 g/mol. The number of benzene rings is 6. The van der Waals surface area contributed by atoms with Crippen LogP contribution in [-0.2, 0) is 0 Å². The Bertz CT molecular complexity index is 1640. The first-order valence-corrected chi connectivity index (χ1v) is 12.4. The van der Waals surface area contributed by atoms with E-state index in [1.807, 2.05) is 0 Å². The molecule has 2 heteroatoms. The first-order valence-electron chi connectivity index (χ1n) is 12.4. The van der Waals surface area contributed by atoms with E-state index in [-0.39, 0.29) is 0 Å². The van der Waals surface area contributed by atoms with E-state index in [2.05, 4.69) is 158 Å². The molecule has 0 atom stereocenters. The van der Waals surface area contributed by atoms with E-state index in [4.69, 9.17) is 0 Å². The Hall–Kier alpha value is -4.56. The van der Waals surface area contributed by atoms with Crippen LogP contribution in [0.1, 0.15) is 0 Å². The number of fused-ring (bicyclic) bond motifs is 1. The van der Waals surface area contributed by atoms with Crippen LogP contribution < -0.4 is 10.4 Å². The van der Waals surface area contributed by atoms with Crippen LogP contribution in [-0.4, -0.2) is 7.85 Å². The molecule has 0 aliphatic heterocycles. The second kappa shape index (κ2) is 9.60. The zero-order chi connectivity index (χ0) is 24.3. The topological polar surface area (TPSA) is 3.24 Å². The molecule has 0 heterocycles. The molecule has 1 nitrogen and oxygen atoms in total. The quantitative estimate of drug-likeness (QED) is 0.237. The van der Waals surface area contributed by atoms with Gasteiger partial charge in [-0.15, -0.1) is 0 Å². The molecule has 0 radical (unpaired) electrons. The summed E-state index contributed by atoms with van der Waals surface area (Å²) in [7, 11) is 2.14. The molecule has 36 heavy (non-hydrogen) atoms. The SMILES string of the molecule is Bc1cccc(-c2cccc(N(c3ccc(-c4ccccc4)cc3)c3ccc4ccccc4c3)c2)c1. The molecule has 0 aliphatic carbocycles. The molecule has 0 saturated carbocycles. The van der Waals surface area contributed by atoms with E-state index in [0.29, 0.717) is 0 Å². The highest BCUT2D eigenvalue weighted by Crippen LogP contribution is 2.38. The summed E-state index contributed by atoms with van der Waals surface area (Å²) in [6, 6.07) is 52.1. The van der Waals surface area contributed by atoms with Crippen molar-refractivity contribution >= 4 is 41.1 Å². The van der Waals surface area contributed by atoms with Crippen LogP contribution in [0.25, 0.3) is 33.0 Å². The number of hydrogen-bond acceptors (Lipinski definition) is 1. The van der Waals surface area contributed by atoms with Crippen LogP contribution in [0.2, 0.25) is 0 Å². The standard InChI is InChI=1S/C34H26BN/c35-31-14-6-12-28(22-31)30-13-7-15-33(24-30)36(34-21-18-26-10-4-5-11-29(26)23-34)32-19-16-27(17-20-32)25-8-2-1-3-9-25/h1-24H,35H2. The smallest absolute Gasteiger partial charge is 0.139 e. The number of rotatable bonds is 5. The highest BCUT2D eigenvalue weighted by atomic mass is 15.1. The van der Waals surface area contributed by atoms with E-state index in [1.54, 1.807) is 0 Å². The van der Waals surface area contributed by atoms with Crippen LogP contribution >= 0.6 is 0 Å². The van der Waals surface area contributed by atoms with Gasteiger partial charge < -0.3 is 4.90 Å². The summed E-state index contributed by atoms with van der Waals surface area (Å²) >= 11 is 0. The average molecular weight is 459 g/mol. The van der Waals surface area contributed by atoms with E-state index in [0.717, 1.165) is 17.1 Å². The third-order valence-corrected chi connectivity index (χ3v) is 6.68. The van der Waals surface area contributed by atoms with Crippen LogP contribution in [0.15, 0.2) is 146 Å². The van der Waals surface area contributed by atoms with Crippen molar-refractivity contribution in [3.8, 4) is 22.3 Å². The number of nitrogens with zero attached hydrogens (tertiary/aromatic N) is 1. The summed E-state index contributed by atoms with van der Waals surface area (Å²) in [6.07, 6.45) is 0. The van der Waals surface area contributed by atoms with Crippen LogP contribution in [0.4, 0.5) is 17.1 Å². The summed E-state index contributed by atoms with van der Waals surface area (Å²) in [5, 5.41) is 2.48. The maximum Gasteiger partial charge on any atom is 0.139 e.